The summed E-state index contributed by atoms with van der Waals surface area (Å²) in [6.07, 6.45) is -0.422. The number of urea groups is 1. The number of rotatable bonds is 5. The van der Waals surface area contributed by atoms with Gasteiger partial charge in [-0.15, -0.1) is 0 Å². The third-order valence-corrected chi connectivity index (χ3v) is 6.97. The van der Waals surface area contributed by atoms with Crippen LogP contribution >= 0.6 is 0 Å². The minimum atomic E-state index is -0.437. The van der Waals surface area contributed by atoms with Crippen LogP contribution in [-0.2, 0) is 11.3 Å². The summed E-state index contributed by atoms with van der Waals surface area (Å²) in [4.78, 5) is 29.9. The third kappa shape index (κ3) is 6.20. The van der Waals surface area contributed by atoms with E-state index < -0.39 is 24.0 Å². The van der Waals surface area contributed by atoms with Crippen LogP contribution in [0, 0.1) is 11.7 Å². The van der Waals surface area contributed by atoms with Crippen LogP contribution in [0.25, 0.3) is 11.1 Å². The van der Waals surface area contributed by atoms with E-state index in [2.05, 4.69) is 5.32 Å². The molecule has 3 aromatic rings. The van der Waals surface area contributed by atoms with Gasteiger partial charge in [0.1, 0.15) is 5.82 Å². The van der Waals surface area contributed by atoms with Crippen LogP contribution in [0.15, 0.2) is 72.8 Å². The first-order valence-corrected chi connectivity index (χ1v) is 12.8. The van der Waals surface area contributed by atoms with E-state index in [4.69, 9.17) is 4.74 Å². The van der Waals surface area contributed by atoms with Crippen molar-refractivity contribution in [2.24, 2.45) is 5.92 Å². The molecule has 3 amide bonds. The fourth-order valence-corrected chi connectivity index (χ4v) is 4.69. The fraction of sp³-hybridized carbons (Fsp3) is 0.333. The van der Waals surface area contributed by atoms with Gasteiger partial charge in [-0.3, -0.25) is 4.79 Å². The lowest BCUT2D eigenvalue weighted by Gasteiger charge is -2.35. The van der Waals surface area contributed by atoms with Crippen LogP contribution in [0.1, 0.15) is 29.8 Å². The molecular formula is C30H34FN3O4. The summed E-state index contributed by atoms with van der Waals surface area (Å²) in [5, 5.41) is 12.7. The maximum Gasteiger partial charge on any atom is 0.321 e. The van der Waals surface area contributed by atoms with E-state index in [1.807, 2.05) is 62.4 Å². The van der Waals surface area contributed by atoms with E-state index >= 15 is 0 Å². The number of aliphatic hydroxyl groups is 1. The van der Waals surface area contributed by atoms with Crippen molar-refractivity contribution in [2.75, 3.05) is 32.1 Å². The maximum atomic E-state index is 13.9. The monoisotopic (exact) mass is 519 g/mol. The number of nitrogens with zero attached hydrogens (tertiary/aromatic N) is 2. The van der Waals surface area contributed by atoms with E-state index in [0.717, 1.165) is 16.7 Å². The number of nitrogens with one attached hydrogen (secondary N) is 1. The first-order valence-electron chi connectivity index (χ1n) is 12.8. The number of hydrogen-bond acceptors (Lipinski definition) is 4. The highest BCUT2D eigenvalue weighted by Crippen LogP contribution is 2.31. The summed E-state index contributed by atoms with van der Waals surface area (Å²) in [6, 6.07) is 20.2. The molecule has 0 spiro atoms. The Balaban J connectivity index is 1.65. The summed E-state index contributed by atoms with van der Waals surface area (Å²) < 4.78 is 20.0. The number of benzene rings is 3. The predicted molar refractivity (Wildman–Crippen MR) is 145 cm³/mol. The second-order valence-corrected chi connectivity index (χ2v) is 9.84. The van der Waals surface area contributed by atoms with Crippen molar-refractivity contribution >= 4 is 17.6 Å². The summed E-state index contributed by atoms with van der Waals surface area (Å²) in [7, 11) is 1.65. The molecule has 1 aliphatic rings. The molecule has 0 saturated carbocycles. The standard InChI is InChI=1S/C30H34FN3O4/c1-20-16-34(21(2)18-35)29(36)27-14-7-6-13-26(27)25-12-5-4-9-22(25)19-38-28(20)17-33(3)30(37)32-24-11-8-10-23(31)15-24/h4-15,20-21,28,35H,16-19H2,1-3H3,(H,32,37)/t20-,21-,28-/m1/s1. The molecule has 1 aliphatic heterocycles. The van der Waals surface area contributed by atoms with Gasteiger partial charge in [0.2, 0.25) is 0 Å². The number of likely N-dealkylation sites (N-methyl/N-ethyl adjacent to an activating group) is 1. The Kier molecular flexibility index (Phi) is 8.76. The van der Waals surface area contributed by atoms with Crippen molar-refractivity contribution in [2.45, 2.75) is 32.6 Å². The van der Waals surface area contributed by atoms with E-state index in [1.165, 1.54) is 23.1 Å². The van der Waals surface area contributed by atoms with Gasteiger partial charge in [0.25, 0.3) is 5.91 Å². The molecule has 0 saturated heterocycles. The van der Waals surface area contributed by atoms with Crippen molar-refractivity contribution in [3.63, 3.8) is 0 Å². The van der Waals surface area contributed by atoms with Crippen molar-refractivity contribution in [3.8, 4) is 11.1 Å². The zero-order valence-electron chi connectivity index (χ0n) is 21.9. The largest absolute Gasteiger partial charge is 0.394 e. The van der Waals surface area contributed by atoms with Crippen molar-refractivity contribution in [1.29, 1.82) is 0 Å². The van der Waals surface area contributed by atoms with Gasteiger partial charge in [0.15, 0.2) is 0 Å². The maximum absolute atomic E-state index is 13.9. The number of ether oxygens (including phenoxy) is 1. The Morgan fingerprint density at radius 1 is 1.11 bits per heavy atom. The van der Waals surface area contributed by atoms with Crippen LogP contribution in [0.2, 0.25) is 0 Å². The molecule has 200 valence electrons. The summed E-state index contributed by atoms with van der Waals surface area (Å²) in [5.41, 5.74) is 3.57. The summed E-state index contributed by atoms with van der Waals surface area (Å²) in [5.74, 6) is -0.773. The van der Waals surface area contributed by atoms with Gasteiger partial charge in [-0.25, -0.2) is 9.18 Å². The normalized spacial score (nSPS) is 18.6. The number of fused-ring (bicyclic) bond motifs is 3. The molecule has 38 heavy (non-hydrogen) atoms. The lowest BCUT2D eigenvalue weighted by Crippen LogP contribution is -2.48. The number of anilines is 1. The lowest BCUT2D eigenvalue weighted by molar-refractivity contribution is -0.0178. The van der Waals surface area contributed by atoms with Gasteiger partial charge < -0.3 is 25.0 Å². The molecule has 1 heterocycles. The number of carbonyl (C=O) groups excluding carboxylic acids is 2. The molecule has 0 unspecified atom stereocenters. The van der Waals surface area contributed by atoms with E-state index in [9.17, 15) is 19.1 Å². The van der Waals surface area contributed by atoms with Gasteiger partial charge in [0, 0.05) is 37.3 Å². The minimum absolute atomic E-state index is 0.165. The van der Waals surface area contributed by atoms with Crippen molar-refractivity contribution in [1.82, 2.24) is 9.80 Å². The van der Waals surface area contributed by atoms with Crippen LogP contribution in [0.4, 0.5) is 14.9 Å². The van der Waals surface area contributed by atoms with Crippen LogP contribution in [0.3, 0.4) is 0 Å². The van der Waals surface area contributed by atoms with Crippen molar-refractivity contribution in [3.05, 3.63) is 89.7 Å². The third-order valence-electron chi connectivity index (χ3n) is 6.97. The van der Waals surface area contributed by atoms with Gasteiger partial charge in [0.05, 0.1) is 25.4 Å². The summed E-state index contributed by atoms with van der Waals surface area (Å²) >= 11 is 0. The first kappa shape index (κ1) is 27.3. The second-order valence-electron chi connectivity index (χ2n) is 9.84. The van der Waals surface area contributed by atoms with Crippen LogP contribution in [0.5, 0.6) is 0 Å². The molecule has 4 rings (SSSR count). The minimum Gasteiger partial charge on any atom is -0.394 e. The Morgan fingerprint density at radius 3 is 2.50 bits per heavy atom. The first-order chi connectivity index (χ1) is 18.3. The number of amides is 3. The quantitative estimate of drug-likeness (QED) is 0.496. The molecule has 0 bridgehead atoms. The molecule has 8 heteroatoms. The Hall–Kier alpha value is -3.75. The zero-order chi connectivity index (χ0) is 27.2. The number of carbonyl (C=O) groups is 2. The fourth-order valence-electron chi connectivity index (χ4n) is 4.69. The van der Waals surface area contributed by atoms with Gasteiger partial charge in [-0.05, 0) is 47.9 Å². The van der Waals surface area contributed by atoms with Gasteiger partial charge in [-0.1, -0.05) is 55.5 Å². The van der Waals surface area contributed by atoms with E-state index in [1.54, 1.807) is 18.0 Å². The van der Waals surface area contributed by atoms with Crippen LogP contribution in [-0.4, -0.2) is 65.7 Å². The number of aliphatic hydroxyl groups excluding tert-OH is 1. The number of hydrogen-bond donors (Lipinski definition) is 2. The molecule has 3 aromatic carbocycles. The number of halogens is 1. The smallest absolute Gasteiger partial charge is 0.321 e. The average molecular weight is 520 g/mol. The molecule has 0 aromatic heterocycles. The molecule has 2 N–H and O–H groups in total. The molecular weight excluding hydrogens is 485 g/mol. The SMILES string of the molecule is C[C@@H]1CN([C@H](C)CO)C(=O)c2ccccc2-c2ccccc2CO[C@@H]1CN(C)C(=O)Nc1cccc(F)c1. The highest BCUT2D eigenvalue weighted by molar-refractivity contribution is 6.01. The molecule has 7 nitrogen and oxygen atoms in total. The Labute approximate surface area is 222 Å². The molecule has 0 fully saturated rings. The van der Waals surface area contributed by atoms with E-state index in [-0.39, 0.29) is 25.0 Å². The van der Waals surface area contributed by atoms with Gasteiger partial charge >= 0.3 is 6.03 Å². The summed E-state index contributed by atoms with van der Waals surface area (Å²) in [6.45, 7) is 4.47. The Bertz CT molecular complexity index is 1280. The molecule has 0 aliphatic carbocycles. The average Bonchev–Trinajstić information content (AvgIpc) is 2.94. The lowest BCUT2D eigenvalue weighted by atomic mass is 9.94. The van der Waals surface area contributed by atoms with E-state index in [0.29, 0.717) is 24.4 Å². The Morgan fingerprint density at radius 2 is 1.79 bits per heavy atom. The van der Waals surface area contributed by atoms with Crippen molar-refractivity contribution < 1.29 is 23.8 Å². The van der Waals surface area contributed by atoms with Crippen LogP contribution < -0.4 is 5.32 Å². The highest BCUT2D eigenvalue weighted by atomic mass is 19.1. The zero-order valence-corrected chi connectivity index (χ0v) is 21.9. The second kappa shape index (κ2) is 12.2. The molecule has 0 radical (unpaired) electrons. The topological polar surface area (TPSA) is 82.1 Å². The molecule has 3 atom stereocenters. The highest BCUT2D eigenvalue weighted by Gasteiger charge is 2.31. The predicted octanol–water partition coefficient (Wildman–Crippen LogP) is 5.01. The van der Waals surface area contributed by atoms with Gasteiger partial charge in [-0.2, -0.15) is 0 Å².